The summed E-state index contributed by atoms with van der Waals surface area (Å²) in [4.78, 5) is 27.6. The van der Waals surface area contributed by atoms with Gasteiger partial charge in [-0.2, -0.15) is 0 Å². The molecule has 0 aliphatic rings. The van der Waals surface area contributed by atoms with E-state index in [1.54, 1.807) is 24.3 Å². The Morgan fingerprint density at radius 2 is 1.92 bits per heavy atom. The number of halogens is 1. The predicted octanol–water partition coefficient (Wildman–Crippen LogP) is 4.20. The topological polar surface area (TPSA) is 68.3 Å². The number of carbonyl (C=O) groups is 2. The number of amides is 1. The zero-order chi connectivity index (χ0) is 17.8. The smallest absolute Gasteiger partial charge is 0.338 e. The summed E-state index contributed by atoms with van der Waals surface area (Å²) in [5.41, 5.74) is 2.29. The average molecular weight is 355 g/mol. The van der Waals surface area contributed by atoms with Crippen LogP contribution in [0.5, 0.6) is 0 Å². The maximum atomic E-state index is 12.2. The third-order valence-corrected chi connectivity index (χ3v) is 3.85. The minimum atomic E-state index is -0.503. The fourth-order valence-electron chi connectivity index (χ4n) is 2.39. The number of esters is 1. The van der Waals surface area contributed by atoms with Gasteiger partial charge in [-0.15, -0.1) is 0 Å². The van der Waals surface area contributed by atoms with Crippen LogP contribution in [0.15, 0.2) is 54.6 Å². The summed E-state index contributed by atoms with van der Waals surface area (Å²) >= 11 is 6.17. The second-order valence-corrected chi connectivity index (χ2v) is 5.83. The predicted molar refractivity (Wildman–Crippen MR) is 96.6 cm³/mol. The molecule has 1 N–H and O–H groups in total. The summed E-state index contributed by atoms with van der Waals surface area (Å²) < 4.78 is 5.33. The Morgan fingerprint density at radius 3 is 2.72 bits per heavy atom. The first-order chi connectivity index (χ1) is 12.0. The SMILES string of the molecule is CC(=O)Nc1cccc(C(=O)OCc2cc3ccccc3nc2Cl)c1. The Bertz CT molecular complexity index is 956. The van der Waals surface area contributed by atoms with E-state index in [4.69, 9.17) is 16.3 Å². The number of carbonyl (C=O) groups excluding carboxylic acids is 2. The Hall–Kier alpha value is -2.92. The molecule has 0 aliphatic carbocycles. The van der Waals surface area contributed by atoms with E-state index < -0.39 is 5.97 Å². The molecule has 25 heavy (non-hydrogen) atoms. The first kappa shape index (κ1) is 16.9. The van der Waals surface area contributed by atoms with Crippen LogP contribution in [0.1, 0.15) is 22.8 Å². The lowest BCUT2D eigenvalue weighted by molar-refractivity contribution is -0.114. The summed E-state index contributed by atoms with van der Waals surface area (Å²) in [6, 6.07) is 16.0. The fraction of sp³-hybridized carbons (Fsp3) is 0.105. The molecule has 5 nitrogen and oxygen atoms in total. The second-order valence-electron chi connectivity index (χ2n) is 5.47. The number of para-hydroxylation sites is 1. The van der Waals surface area contributed by atoms with Crippen molar-refractivity contribution in [3.8, 4) is 0 Å². The zero-order valence-corrected chi connectivity index (χ0v) is 14.2. The first-order valence-corrected chi connectivity index (χ1v) is 7.99. The number of nitrogens with zero attached hydrogens (tertiary/aromatic N) is 1. The van der Waals surface area contributed by atoms with Gasteiger partial charge in [-0.3, -0.25) is 4.79 Å². The lowest BCUT2D eigenvalue weighted by Crippen LogP contribution is -2.09. The van der Waals surface area contributed by atoms with Crippen LogP contribution in [-0.2, 0) is 16.1 Å². The van der Waals surface area contributed by atoms with Crippen LogP contribution >= 0.6 is 11.6 Å². The molecule has 0 spiro atoms. The van der Waals surface area contributed by atoms with Gasteiger partial charge in [0.1, 0.15) is 11.8 Å². The Labute approximate surface area is 149 Å². The van der Waals surface area contributed by atoms with Crippen LogP contribution in [-0.4, -0.2) is 16.9 Å². The van der Waals surface area contributed by atoms with Crippen molar-refractivity contribution in [3.05, 3.63) is 70.9 Å². The van der Waals surface area contributed by atoms with Crippen molar-refractivity contribution in [2.75, 3.05) is 5.32 Å². The minimum Gasteiger partial charge on any atom is -0.457 e. The molecule has 1 amide bonds. The highest BCUT2D eigenvalue weighted by Crippen LogP contribution is 2.21. The number of pyridine rings is 1. The molecule has 3 aromatic rings. The maximum absolute atomic E-state index is 12.2. The van der Waals surface area contributed by atoms with Crippen LogP contribution in [0, 0.1) is 0 Å². The molecule has 6 heteroatoms. The number of benzene rings is 2. The summed E-state index contributed by atoms with van der Waals surface area (Å²) in [6.45, 7) is 1.42. The van der Waals surface area contributed by atoms with Crippen molar-refractivity contribution in [1.82, 2.24) is 4.98 Å². The molecule has 1 heterocycles. The van der Waals surface area contributed by atoms with Gasteiger partial charge in [0.25, 0.3) is 0 Å². The van der Waals surface area contributed by atoms with Crippen LogP contribution in [0.3, 0.4) is 0 Å². The molecular weight excluding hydrogens is 340 g/mol. The summed E-state index contributed by atoms with van der Waals surface area (Å²) in [7, 11) is 0. The van der Waals surface area contributed by atoms with E-state index in [0.29, 0.717) is 22.0 Å². The number of hydrogen-bond acceptors (Lipinski definition) is 4. The Balaban J connectivity index is 1.74. The van der Waals surface area contributed by atoms with E-state index in [1.165, 1.54) is 6.92 Å². The lowest BCUT2D eigenvalue weighted by Gasteiger charge is -2.09. The third kappa shape index (κ3) is 4.14. The normalized spacial score (nSPS) is 10.5. The Morgan fingerprint density at radius 1 is 1.12 bits per heavy atom. The van der Waals surface area contributed by atoms with Gasteiger partial charge < -0.3 is 10.1 Å². The molecule has 0 atom stereocenters. The zero-order valence-electron chi connectivity index (χ0n) is 13.5. The molecule has 0 bridgehead atoms. The summed E-state index contributed by atoms with van der Waals surface area (Å²) in [5.74, 6) is -0.712. The first-order valence-electron chi connectivity index (χ1n) is 7.62. The quantitative estimate of drug-likeness (QED) is 0.563. The number of fused-ring (bicyclic) bond motifs is 1. The maximum Gasteiger partial charge on any atom is 0.338 e. The van der Waals surface area contributed by atoms with Crippen LogP contribution in [0.4, 0.5) is 5.69 Å². The van der Waals surface area contributed by atoms with E-state index in [0.717, 1.165) is 10.9 Å². The summed E-state index contributed by atoms with van der Waals surface area (Å²) in [6.07, 6.45) is 0. The Kier molecular flexibility index (Phi) is 4.95. The molecular formula is C19H15ClN2O3. The highest BCUT2D eigenvalue weighted by Gasteiger charge is 2.11. The van der Waals surface area contributed by atoms with E-state index in [2.05, 4.69) is 10.3 Å². The number of aromatic nitrogens is 1. The van der Waals surface area contributed by atoms with Crippen LogP contribution < -0.4 is 5.32 Å². The molecule has 0 saturated carbocycles. The largest absolute Gasteiger partial charge is 0.457 e. The number of nitrogens with one attached hydrogen (secondary N) is 1. The molecule has 0 saturated heterocycles. The van der Waals surface area contributed by atoms with Gasteiger partial charge in [0, 0.05) is 23.6 Å². The molecule has 2 aromatic carbocycles. The average Bonchev–Trinajstić information content (AvgIpc) is 2.59. The molecule has 0 unspecified atom stereocenters. The van der Waals surface area contributed by atoms with E-state index in [1.807, 2.05) is 30.3 Å². The molecule has 0 aliphatic heterocycles. The molecule has 126 valence electrons. The van der Waals surface area contributed by atoms with E-state index in [-0.39, 0.29) is 12.5 Å². The number of anilines is 1. The van der Waals surface area contributed by atoms with Crippen molar-refractivity contribution < 1.29 is 14.3 Å². The van der Waals surface area contributed by atoms with Gasteiger partial charge in [0.05, 0.1) is 11.1 Å². The van der Waals surface area contributed by atoms with Crippen molar-refractivity contribution in [2.45, 2.75) is 13.5 Å². The van der Waals surface area contributed by atoms with Gasteiger partial charge in [0.15, 0.2) is 0 Å². The molecule has 0 fully saturated rings. The number of hydrogen-bond donors (Lipinski definition) is 1. The van der Waals surface area contributed by atoms with Gasteiger partial charge in [-0.1, -0.05) is 35.9 Å². The van der Waals surface area contributed by atoms with E-state index >= 15 is 0 Å². The standard InChI is InChI=1S/C19H15ClN2O3/c1-12(23)21-16-7-4-6-14(10-16)19(24)25-11-15-9-13-5-2-3-8-17(13)22-18(15)20/h2-10H,11H2,1H3,(H,21,23). The second kappa shape index (κ2) is 7.32. The van der Waals surface area contributed by atoms with Gasteiger partial charge in [-0.25, -0.2) is 9.78 Å². The van der Waals surface area contributed by atoms with Crippen molar-refractivity contribution in [3.63, 3.8) is 0 Å². The fourth-order valence-corrected chi connectivity index (χ4v) is 2.59. The monoisotopic (exact) mass is 354 g/mol. The van der Waals surface area contributed by atoms with Crippen molar-refractivity contribution >= 4 is 40.1 Å². The van der Waals surface area contributed by atoms with Crippen LogP contribution in [0.2, 0.25) is 5.15 Å². The minimum absolute atomic E-state index is 0.0138. The third-order valence-electron chi connectivity index (χ3n) is 3.53. The van der Waals surface area contributed by atoms with Gasteiger partial charge >= 0.3 is 5.97 Å². The van der Waals surface area contributed by atoms with Crippen molar-refractivity contribution in [2.24, 2.45) is 0 Å². The molecule has 1 aromatic heterocycles. The lowest BCUT2D eigenvalue weighted by atomic mass is 10.1. The number of rotatable bonds is 4. The molecule has 3 rings (SSSR count). The highest BCUT2D eigenvalue weighted by molar-refractivity contribution is 6.30. The molecule has 0 radical (unpaired) electrons. The van der Waals surface area contributed by atoms with Crippen molar-refractivity contribution in [1.29, 1.82) is 0 Å². The highest BCUT2D eigenvalue weighted by atomic mass is 35.5. The van der Waals surface area contributed by atoms with E-state index in [9.17, 15) is 9.59 Å². The van der Waals surface area contributed by atoms with Gasteiger partial charge in [-0.05, 0) is 30.3 Å². The number of ether oxygens (including phenoxy) is 1. The summed E-state index contributed by atoms with van der Waals surface area (Å²) in [5, 5.41) is 3.85. The van der Waals surface area contributed by atoms with Gasteiger partial charge in [0.2, 0.25) is 5.91 Å². The van der Waals surface area contributed by atoms with Crippen LogP contribution in [0.25, 0.3) is 10.9 Å².